The number of aryl methyl sites for hydroxylation is 1. The van der Waals surface area contributed by atoms with E-state index in [4.69, 9.17) is 0 Å². The molecule has 106 valence electrons. The van der Waals surface area contributed by atoms with E-state index in [1.165, 1.54) is 27.8 Å². The molecule has 0 aliphatic rings. The van der Waals surface area contributed by atoms with Gasteiger partial charge in [-0.2, -0.15) is 0 Å². The Morgan fingerprint density at radius 3 is 2.10 bits per heavy atom. The lowest BCUT2D eigenvalue weighted by atomic mass is 9.81. The SMILES string of the molecule is Cc1cc(-c2ccccc2C(C)(C)C)ccc1C(C)C. The van der Waals surface area contributed by atoms with Crippen LogP contribution in [0.3, 0.4) is 0 Å². The molecule has 0 saturated carbocycles. The highest BCUT2D eigenvalue weighted by molar-refractivity contribution is 5.70. The molecular weight excluding hydrogens is 240 g/mol. The van der Waals surface area contributed by atoms with Gasteiger partial charge in [0.25, 0.3) is 0 Å². The number of hydrogen-bond donors (Lipinski definition) is 0. The van der Waals surface area contributed by atoms with Gasteiger partial charge >= 0.3 is 0 Å². The summed E-state index contributed by atoms with van der Waals surface area (Å²) in [6.07, 6.45) is 0. The monoisotopic (exact) mass is 266 g/mol. The first-order chi connectivity index (χ1) is 9.30. The van der Waals surface area contributed by atoms with Crippen LogP contribution in [-0.4, -0.2) is 0 Å². The van der Waals surface area contributed by atoms with Crippen molar-refractivity contribution in [3.63, 3.8) is 0 Å². The van der Waals surface area contributed by atoms with Crippen molar-refractivity contribution in [1.29, 1.82) is 0 Å². The number of hydrogen-bond acceptors (Lipinski definition) is 0. The van der Waals surface area contributed by atoms with Gasteiger partial charge in [0.2, 0.25) is 0 Å². The summed E-state index contributed by atoms with van der Waals surface area (Å²) >= 11 is 0. The zero-order valence-corrected chi connectivity index (χ0v) is 13.6. The summed E-state index contributed by atoms with van der Waals surface area (Å²) in [5, 5.41) is 0. The Kier molecular flexibility index (Phi) is 4.04. The van der Waals surface area contributed by atoms with Crippen molar-refractivity contribution in [2.45, 2.75) is 52.9 Å². The molecule has 2 aromatic carbocycles. The van der Waals surface area contributed by atoms with E-state index >= 15 is 0 Å². The van der Waals surface area contributed by atoms with Crippen LogP contribution in [0.15, 0.2) is 42.5 Å². The highest BCUT2D eigenvalue weighted by atomic mass is 14.2. The molecule has 0 aliphatic carbocycles. The Bertz CT molecular complexity index is 598. The largest absolute Gasteiger partial charge is 0.0619 e. The minimum Gasteiger partial charge on any atom is -0.0619 e. The van der Waals surface area contributed by atoms with Crippen molar-refractivity contribution in [2.24, 2.45) is 0 Å². The Hall–Kier alpha value is -1.56. The third kappa shape index (κ3) is 2.95. The molecule has 0 nitrogen and oxygen atoms in total. The number of rotatable bonds is 2. The van der Waals surface area contributed by atoms with Crippen LogP contribution in [0.5, 0.6) is 0 Å². The van der Waals surface area contributed by atoms with Crippen molar-refractivity contribution in [3.8, 4) is 11.1 Å². The Balaban J connectivity index is 2.56. The third-order valence-electron chi connectivity index (χ3n) is 3.94. The average Bonchev–Trinajstić information content (AvgIpc) is 2.37. The second kappa shape index (κ2) is 5.44. The Morgan fingerprint density at radius 1 is 0.900 bits per heavy atom. The minimum absolute atomic E-state index is 0.168. The van der Waals surface area contributed by atoms with Crippen molar-refractivity contribution in [2.75, 3.05) is 0 Å². The molecule has 0 heterocycles. The predicted octanol–water partition coefficient (Wildman–Crippen LogP) is 6.08. The summed E-state index contributed by atoms with van der Waals surface area (Å²) in [4.78, 5) is 0. The first-order valence-electron chi connectivity index (χ1n) is 7.51. The minimum atomic E-state index is 0.168. The van der Waals surface area contributed by atoms with E-state index in [0.29, 0.717) is 5.92 Å². The molecule has 0 heteroatoms. The van der Waals surface area contributed by atoms with E-state index in [2.05, 4.69) is 84.0 Å². The molecule has 0 radical (unpaired) electrons. The van der Waals surface area contributed by atoms with Crippen LogP contribution < -0.4 is 0 Å². The van der Waals surface area contributed by atoms with E-state index in [9.17, 15) is 0 Å². The van der Waals surface area contributed by atoms with Crippen LogP contribution in [0.2, 0.25) is 0 Å². The molecule has 0 spiro atoms. The van der Waals surface area contributed by atoms with Crippen LogP contribution in [0.25, 0.3) is 11.1 Å². The first-order valence-corrected chi connectivity index (χ1v) is 7.51. The molecule has 0 N–H and O–H groups in total. The standard InChI is InChI=1S/C20H26/c1-14(2)17-12-11-16(13-15(17)3)18-9-7-8-10-19(18)20(4,5)6/h7-14H,1-6H3. The van der Waals surface area contributed by atoms with Gasteiger partial charge in [-0.25, -0.2) is 0 Å². The molecule has 0 saturated heterocycles. The van der Waals surface area contributed by atoms with Gasteiger partial charge in [-0.05, 0) is 46.1 Å². The molecule has 0 aromatic heterocycles. The fourth-order valence-corrected chi connectivity index (χ4v) is 2.88. The lowest BCUT2D eigenvalue weighted by Gasteiger charge is -2.23. The molecule has 0 aliphatic heterocycles. The lowest BCUT2D eigenvalue weighted by molar-refractivity contribution is 0.592. The second-order valence-corrected chi connectivity index (χ2v) is 7.02. The molecule has 0 bridgehead atoms. The van der Waals surface area contributed by atoms with Gasteiger partial charge in [0.1, 0.15) is 0 Å². The van der Waals surface area contributed by atoms with Crippen LogP contribution in [-0.2, 0) is 5.41 Å². The highest BCUT2D eigenvalue weighted by Crippen LogP contribution is 2.34. The maximum Gasteiger partial charge on any atom is -0.0126 e. The van der Waals surface area contributed by atoms with Crippen LogP contribution in [0.4, 0.5) is 0 Å². The molecule has 0 amide bonds. The Morgan fingerprint density at radius 2 is 1.55 bits per heavy atom. The van der Waals surface area contributed by atoms with Crippen LogP contribution in [0, 0.1) is 6.92 Å². The predicted molar refractivity (Wildman–Crippen MR) is 89.4 cm³/mol. The van der Waals surface area contributed by atoms with Gasteiger partial charge in [0.15, 0.2) is 0 Å². The van der Waals surface area contributed by atoms with E-state index in [0.717, 1.165) is 0 Å². The van der Waals surface area contributed by atoms with Gasteiger partial charge in [0, 0.05) is 0 Å². The van der Waals surface area contributed by atoms with E-state index in [-0.39, 0.29) is 5.41 Å². The second-order valence-electron chi connectivity index (χ2n) is 7.02. The molecule has 2 aromatic rings. The van der Waals surface area contributed by atoms with E-state index < -0.39 is 0 Å². The van der Waals surface area contributed by atoms with Crippen molar-refractivity contribution in [3.05, 3.63) is 59.2 Å². The summed E-state index contributed by atoms with van der Waals surface area (Å²) in [6.45, 7) is 13.6. The van der Waals surface area contributed by atoms with Crippen molar-refractivity contribution in [1.82, 2.24) is 0 Å². The summed E-state index contributed by atoms with van der Waals surface area (Å²) in [5.41, 5.74) is 7.11. The maximum absolute atomic E-state index is 2.33. The van der Waals surface area contributed by atoms with E-state index in [1.54, 1.807) is 0 Å². The first kappa shape index (κ1) is 14.8. The summed E-state index contributed by atoms with van der Waals surface area (Å²) < 4.78 is 0. The van der Waals surface area contributed by atoms with Gasteiger partial charge < -0.3 is 0 Å². The molecule has 0 unspecified atom stereocenters. The fraction of sp³-hybridized carbons (Fsp3) is 0.400. The van der Waals surface area contributed by atoms with Gasteiger partial charge in [-0.15, -0.1) is 0 Å². The topological polar surface area (TPSA) is 0 Å². The van der Waals surface area contributed by atoms with Gasteiger partial charge in [-0.3, -0.25) is 0 Å². The molecule has 2 rings (SSSR count). The molecule has 20 heavy (non-hydrogen) atoms. The smallest absolute Gasteiger partial charge is 0.0126 e. The summed E-state index contributed by atoms with van der Waals surface area (Å²) in [5.74, 6) is 0.585. The van der Waals surface area contributed by atoms with Crippen LogP contribution >= 0.6 is 0 Å². The zero-order chi connectivity index (χ0) is 14.9. The van der Waals surface area contributed by atoms with Gasteiger partial charge in [0.05, 0.1) is 0 Å². The molecular formula is C20H26. The Labute approximate surface area is 123 Å². The zero-order valence-electron chi connectivity index (χ0n) is 13.6. The lowest BCUT2D eigenvalue weighted by Crippen LogP contribution is -2.12. The quantitative estimate of drug-likeness (QED) is 0.617. The third-order valence-corrected chi connectivity index (χ3v) is 3.94. The maximum atomic E-state index is 2.33. The number of benzene rings is 2. The van der Waals surface area contributed by atoms with Crippen molar-refractivity contribution < 1.29 is 0 Å². The highest BCUT2D eigenvalue weighted by Gasteiger charge is 2.18. The average molecular weight is 266 g/mol. The van der Waals surface area contributed by atoms with Crippen LogP contribution in [0.1, 0.15) is 57.2 Å². The van der Waals surface area contributed by atoms with E-state index in [1.807, 2.05) is 0 Å². The summed E-state index contributed by atoms with van der Waals surface area (Å²) in [6, 6.07) is 15.7. The normalized spacial score (nSPS) is 11.9. The summed E-state index contributed by atoms with van der Waals surface area (Å²) in [7, 11) is 0. The van der Waals surface area contributed by atoms with Crippen molar-refractivity contribution >= 4 is 0 Å². The molecule has 0 atom stereocenters. The van der Waals surface area contributed by atoms with Gasteiger partial charge in [-0.1, -0.05) is 77.1 Å². The molecule has 0 fully saturated rings. The fourth-order valence-electron chi connectivity index (χ4n) is 2.88.